The van der Waals surface area contributed by atoms with E-state index in [2.05, 4.69) is 5.32 Å². The van der Waals surface area contributed by atoms with E-state index in [4.69, 9.17) is 14.9 Å². The van der Waals surface area contributed by atoms with Crippen molar-refractivity contribution in [2.24, 2.45) is 0 Å². The molecule has 14 heavy (non-hydrogen) atoms. The fraction of sp³-hybridized carbons (Fsp3) is 0.889. The molecule has 0 aromatic rings. The van der Waals surface area contributed by atoms with E-state index in [9.17, 15) is 4.79 Å². The van der Waals surface area contributed by atoms with Gasteiger partial charge in [0, 0.05) is 12.5 Å². The summed E-state index contributed by atoms with van der Waals surface area (Å²) in [5.74, 6) is 0. The Morgan fingerprint density at radius 3 is 2.29 bits per heavy atom. The Morgan fingerprint density at radius 1 is 1.43 bits per heavy atom. The molecule has 0 saturated carbocycles. The van der Waals surface area contributed by atoms with Crippen LogP contribution in [0.15, 0.2) is 0 Å². The maximum absolute atomic E-state index is 11.2. The second-order valence-electron chi connectivity index (χ2n) is 4.26. The number of alkyl carbamates (subject to hydrolysis) is 1. The summed E-state index contributed by atoms with van der Waals surface area (Å²) in [6.45, 7) is 6.96. The molecule has 84 valence electrons. The third kappa shape index (κ3) is 7.82. The number of aliphatic hydroxyl groups excluding tert-OH is 1. The van der Waals surface area contributed by atoms with Gasteiger partial charge in [0.25, 0.3) is 0 Å². The van der Waals surface area contributed by atoms with Crippen LogP contribution in [-0.4, -0.2) is 34.2 Å². The summed E-state index contributed by atoms with van der Waals surface area (Å²) < 4.78 is 4.98. The van der Waals surface area contributed by atoms with Gasteiger partial charge in [-0.2, -0.15) is 0 Å². The fourth-order valence-corrected chi connectivity index (χ4v) is 0.884. The Morgan fingerprint density at radius 2 is 1.93 bits per heavy atom. The lowest BCUT2D eigenvalue weighted by Crippen LogP contribution is -2.39. The largest absolute Gasteiger partial charge is 0.444 e. The highest BCUT2D eigenvalue weighted by Gasteiger charge is 2.18. The molecule has 0 fully saturated rings. The number of hydrogen-bond donors (Lipinski definition) is 3. The number of hydrogen-bond acceptors (Lipinski definition) is 4. The van der Waals surface area contributed by atoms with Gasteiger partial charge in [-0.05, 0) is 27.7 Å². The van der Waals surface area contributed by atoms with Crippen LogP contribution in [0.1, 0.15) is 34.1 Å². The first-order chi connectivity index (χ1) is 6.20. The number of carbonyl (C=O) groups excluding carboxylic acids is 1. The molecule has 0 spiro atoms. The molecule has 1 atom stereocenters. The summed E-state index contributed by atoms with van der Waals surface area (Å²) in [6, 6.07) is -0.329. The molecule has 3 N–H and O–H groups in total. The van der Waals surface area contributed by atoms with E-state index >= 15 is 0 Å². The molecule has 0 aliphatic rings. The van der Waals surface area contributed by atoms with Gasteiger partial charge in [-0.25, -0.2) is 4.79 Å². The van der Waals surface area contributed by atoms with Crippen LogP contribution in [0.3, 0.4) is 0 Å². The van der Waals surface area contributed by atoms with Crippen molar-refractivity contribution in [1.29, 1.82) is 0 Å². The predicted molar refractivity (Wildman–Crippen MR) is 51.7 cm³/mol. The standard InChI is InChI=1S/C9H19NO4/c1-6(5-7(11)12)10-8(13)14-9(2,3)4/h6-7,11-12H,5H2,1-4H3,(H,10,13). The summed E-state index contributed by atoms with van der Waals surface area (Å²) in [5, 5.41) is 19.7. The SMILES string of the molecule is CC(CC(O)O)NC(=O)OC(C)(C)C. The molecule has 0 saturated heterocycles. The fourth-order valence-electron chi connectivity index (χ4n) is 0.884. The minimum atomic E-state index is -1.42. The zero-order valence-corrected chi connectivity index (χ0v) is 9.07. The van der Waals surface area contributed by atoms with Gasteiger partial charge in [0.05, 0.1) is 0 Å². The summed E-state index contributed by atoms with van der Waals surface area (Å²) in [4.78, 5) is 11.2. The van der Waals surface area contributed by atoms with Crippen molar-refractivity contribution in [3.63, 3.8) is 0 Å². The smallest absolute Gasteiger partial charge is 0.407 e. The molecule has 5 heteroatoms. The Kier molecular flexibility index (Phi) is 4.87. The molecule has 5 nitrogen and oxygen atoms in total. The summed E-state index contributed by atoms with van der Waals surface area (Å²) >= 11 is 0. The van der Waals surface area contributed by atoms with Crippen LogP contribution >= 0.6 is 0 Å². The van der Waals surface area contributed by atoms with Gasteiger partial charge in [0.15, 0.2) is 6.29 Å². The molecule has 0 aromatic carbocycles. The summed E-state index contributed by atoms with van der Waals surface area (Å²) in [7, 11) is 0. The Labute approximate surface area is 84.1 Å². The Balaban J connectivity index is 3.83. The number of carbonyl (C=O) groups is 1. The second-order valence-corrected chi connectivity index (χ2v) is 4.26. The topological polar surface area (TPSA) is 78.8 Å². The van der Waals surface area contributed by atoms with E-state index in [1.165, 1.54) is 0 Å². The molecule has 1 unspecified atom stereocenters. The molecular weight excluding hydrogens is 186 g/mol. The maximum Gasteiger partial charge on any atom is 0.407 e. The first kappa shape index (κ1) is 13.2. The van der Waals surface area contributed by atoms with Crippen LogP contribution in [0.5, 0.6) is 0 Å². The van der Waals surface area contributed by atoms with Crippen molar-refractivity contribution >= 4 is 6.09 Å². The van der Waals surface area contributed by atoms with E-state index in [0.29, 0.717) is 0 Å². The molecule has 0 radical (unpaired) electrons. The number of ether oxygens (including phenoxy) is 1. The van der Waals surface area contributed by atoms with Gasteiger partial charge in [-0.15, -0.1) is 0 Å². The minimum Gasteiger partial charge on any atom is -0.444 e. The van der Waals surface area contributed by atoms with Crippen LogP contribution in [0, 0.1) is 0 Å². The van der Waals surface area contributed by atoms with E-state index in [1.807, 2.05) is 0 Å². The number of aliphatic hydroxyl groups is 2. The van der Waals surface area contributed by atoms with Gasteiger partial charge < -0.3 is 20.3 Å². The first-order valence-electron chi connectivity index (χ1n) is 4.56. The van der Waals surface area contributed by atoms with E-state index < -0.39 is 18.0 Å². The number of rotatable bonds is 3. The third-order valence-electron chi connectivity index (χ3n) is 1.33. The molecule has 0 rings (SSSR count). The van der Waals surface area contributed by atoms with Gasteiger partial charge >= 0.3 is 6.09 Å². The zero-order chi connectivity index (χ0) is 11.4. The van der Waals surface area contributed by atoms with Gasteiger partial charge in [0.1, 0.15) is 5.60 Å². The summed E-state index contributed by atoms with van der Waals surface area (Å²) in [5.41, 5.74) is -0.540. The lowest BCUT2D eigenvalue weighted by Gasteiger charge is -2.22. The van der Waals surface area contributed by atoms with Gasteiger partial charge in [-0.1, -0.05) is 0 Å². The van der Waals surface area contributed by atoms with Crippen molar-refractivity contribution in [3.8, 4) is 0 Å². The average Bonchev–Trinajstić information content (AvgIpc) is 1.77. The van der Waals surface area contributed by atoms with Gasteiger partial charge in [-0.3, -0.25) is 0 Å². The van der Waals surface area contributed by atoms with E-state index in [1.54, 1.807) is 27.7 Å². The maximum atomic E-state index is 11.2. The van der Waals surface area contributed by atoms with Crippen LogP contribution in [0.25, 0.3) is 0 Å². The molecule has 0 heterocycles. The summed E-state index contributed by atoms with van der Waals surface area (Å²) in [6.07, 6.45) is -1.88. The molecule has 1 amide bonds. The highest BCUT2D eigenvalue weighted by molar-refractivity contribution is 5.67. The third-order valence-corrected chi connectivity index (χ3v) is 1.33. The lowest BCUT2D eigenvalue weighted by molar-refractivity contribution is -0.0505. The minimum absolute atomic E-state index is 0.0826. The Hall–Kier alpha value is -0.810. The first-order valence-corrected chi connectivity index (χ1v) is 4.56. The normalized spacial score (nSPS) is 13.9. The van der Waals surface area contributed by atoms with Crippen molar-refractivity contribution in [3.05, 3.63) is 0 Å². The monoisotopic (exact) mass is 205 g/mol. The number of nitrogens with one attached hydrogen (secondary N) is 1. The molecule has 0 bridgehead atoms. The highest BCUT2D eigenvalue weighted by atomic mass is 16.6. The molecular formula is C9H19NO4. The van der Waals surface area contributed by atoms with Crippen LogP contribution in [0.4, 0.5) is 4.79 Å². The molecule has 0 aromatic heterocycles. The molecule has 0 aliphatic heterocycles. The van der Waals surface area contributed by atoms with Crippen LogP contribution in [-0.2, 0) is 4.74 Å². The van der Waals surface area contributed by atoms with Crippen molar-refractivity contribution in [2.45, 2.75) is 52.0 Å². The van der Waals surface area contributed by atoms with E-state index in [0.717, 1.165) is 0 Å². The lowest BCUT2D eigenvalue weighted by atomic mass is 10.2. The van der Waals surface area contributed by atoms with Crippen molar-refractivity contribution < 1.29 is 19.7 Å². The van der Waals surface area contributed by atoms with Crippen molar-refractivity contribution in [1.82, 2.24) is 5.32 Å². The highest BCUT2D eigenvalue weighted by Crippen LogP contribution is 2.07. The molecule has 0 aliphatic carbocycles. The Bertz CT molecular complexity index is 186. The van der Waals surface area contributed by atoms with E-state index in [-0.39, 0.29) is 12.5 Å². The quantitative estimate of drug-likeness (QED) is 0.589. The van der Waals surface area contributed by atoms with Gasteiger partial charge in [0.2, 0.25) is 0 Å². The van der Waals surface area contributed by atoms with Crippen molar-refractivity contribution in [2.75, 3.05) is 0 Å². The predicted octanol–water partition coefficient (Wildman–Crippen LogP) is 0.600. The van der Waals surface area contributed by atoms with Crippen LogP contribution < -0.4 is 5.32 Å². The number of amides is 1. The van der Waals surface area contributed by atoms with Crippen LogP contribution in [0.2, 0.25) is 0 Å². The second kappa shape index (κ2) is 5.17. The zero-order valence-electron chi connectivity index (χ0n) is 9.07. The average molecular weight is 205 g/mol.